The van der Waals surface area contributed by atoms with Gasteiger partial charge in [-0.2, -0.15) is 0 Å². The van der Waals surface area contributed by atoms with Gasteiger partial charge in [0.05, 0.1) is 31.1 Å². The first-order valence-corrected chi connectivity index (χ1v) is 10.2. The van der Waals surface area contributed by atoms with Crippen molar-refractivity contribution in [3.05, 3.63) is 93.3 Å². The number of hydrogen-bond acceptors (Lipinski definition) is 5. The number of morpholine rings is 1. The predicted molar refractivity (Wildman–Crippen MR) is 119 cm³/mol. The Kier molecular flexibility index (Phi) is 6.28. The van der Waals surface area contributed by atoms with E-state index >= 15 is 0 Å². The van der Waals surface area contributed by atoms with Gasteiger partial charge in [0.25, 0.3) is 5.56 Å². The van der Waals surface area contributed by atoms with Crippen molar-refractivity contribution < 1.29 is 9.53 Å². The van der Waals surface area contributed by atoms with Crippen molar-refractivity contribution in [2.45, 2.75) is 13.1 Å². The van der Waals surface area contributed by atoms with E-state index in [9.17, 15) is 14.4 Å². The van der Waals surface area contributed by atoms with Crippen LogP contribution in [0.2, 0.25) is 0 Å². The van der Waals surface area contributed by atoms with Crippen molar-refractivity contribution in [2.75, 3.05) is 36.5 Å². The number of carbonyl (C=O) groups excluding carboxylic acids is 1. The van der Waals surface area contributed by atoms with Gasteiger partial charge in [0.15, 0.2) is 0 Å². The number of nitrogens with one attached hydrogen (secondary N) is 1. The zero-order chi connectivity index (χ0) is 21.6. The van der Waals surface area contributed by atoms with Gasteiger partial charge < -0.3 is 15.0 Å². The van der Waals surface area contributed by atoms with Gasteiger partial charge in [0, 0.05) is 25.4 Å². The summed E-state index contributed by atoms with van der Waals surface area (Å²) in [5.41, 5.74) is 1.43. The summed E-state index contributed by atoms with van der Waals surface area (Å²) in [6, 6.07) is 18.3. The van der Waals surface area contributed by atoms with Crippen molar-refractivity contribution in [2.24, 2.45) is 0 Å². The van der Waals surface area contributed by atoms with Crippen LogP contribution < -0.4 is 21.5 Å². The van der Waals surface area contributed by atoms with E-state index in [1.807, 2.05) is 54.6 Å². The van der Waals surface area contributed by atoms with Crippen LogP contribution in [0.25, 0.3) is 0 Å². The molecule has 1 saturated heterocycles. The number of hydrogen-bond donors (Lipinski definition) is 1. The molecule has 8 heteroatoms. The van der Waals surface area contributed by atoms with Gasteiger partial charge in [-0.3, -0.25) is 18.7 Å². The van der Waals surface area contributed by atoms with E-state index in [0.29, 0.717) is 25.4 Å². The molecule has 0 saturated carbocycles. The van der Waals surface area contributed by atoms with Crippen LogP contribution in [0.5, 0.6) is 0 Å². The second-order valence-corrected chi connectivity index (χ2v) is 7.30. The van der Waals surface area contributed by atoms with E-state index in [0.717, 1.165) is 28.9 Å². The molecule has 1 fully saturated rings. The molecule has 3 aromatic rings. The summed E-state index contributed by atoms with van der Waals surface area (Å²) < 4.78 is 7.77. The molecule has 1 aromatic heterocycles. The van der Waals surface area contributed by atoms with Crippen LogP contribution in [0.3, 0.4) is 0 Å². The van der Waals surface area contributed by atoms with E-state index in [1.165, 1.54) is 16.8 Å². The number of aromatic nitrogens is 2. The van der Waals surface area contributed by atoms with Gasteiger partial charge in [0.1, 0.15) is 6.54 Å². The molecule has 1 amide bonds. The fourth-order valence-electron chi connectivity index (χ4n) is 3.60. The molecule has 1 aliphatic rings. The molecule has 1 aliphatic heterocycles. The Morgan fingerprint density at radius 1 is 0.935 bits per heavy atom. The van der Waals surface area contributed by atoms with Crippen LogP contribution in [-0.2, 0) is 22.6 Å². The van der Waals surface area contributed by atoms with Crippen molar-refractivity contribution in [1.82, 2.24) is 9.13 Å². The topological polar surface area (TPSA) is 85.6 Å². The molecule has 0 radical (unpaired) electrons. The summed E-state index contributed by atoms with van der Waals surface area (Å²) in [7, 11) is 0. The number of para-hydroxylation sites is 2. The highest BCUT2D eigenvalue weighted by atomic mass is 16.5. The SMILES string of the molecule is O=C(Cn1c(=O)ccn(Cc2ccccc2)c1=O)Nc1ccccc1N1CCOCC1. The first kappa shape index (κ1) is 20.6. The third-order valence-electron chi connectivity index (χ3n) is 5.17. The number of ether oxygens (including phenoxy) is 1. The van der Waals surface area contributed by atoms with Crippen LogP contribution in [0.1, 0.15) is 5.56 Å². The number of benzene rings is 2. The van der Waals surface area contributed by atoms with Crippen molar-refractivity contribution in [3.63, 3.8) is 0 Å². The molecule has 31 heavy (non-hydrogen) atoms. The smallest absolute Gasteiger partial charge is 0.331 e. The van der Waals surface area contributed by atoms with E-state index in [4.69, 9.17) is 4.74 Å². The molecular formula is C23H24N4O4. The average molecular weight is 420 g/mol. The number of anilines is 2. The van der Waals surface area contributed by atoms with Crippen molar-refractivity contribution in [3.8, 4) is 0 Å². The second-order valence-electron chi connectivity index (χ2n) is 7.30. The maximum Gasteiger partial charge on any atom is 0.331 e. The van der Waals surface area contributed by atoms with Gasteiger partial charge in [-0.05, 0) is 17.7 Å². The molecule has 0 aliphatic carbocycles. The van der Waals surface area contributed by atoms with Gasteiger partial charge in [-0.15, -0.1) is 0 Å². The Labute approximate surface area is 179 Å². The van der Waals surface area contributed by atoms with Crippen LogP contribution in [0, 0.1) is 0 Å². The van der Waals surface area contributed by atoms with E-state index in [1.54, 1.807) is 0 Å². The van der Waals surface area contributed by atoms with E-state index in [2.05, 4.69) is 10.2 Å². The number of amides is 1. The lowest BCUT2D eigenvalue weighted by Gasteiger charge is -2.30. The molecule has 2 heterocycles. The Bertz CT molecular complexity index is 1160. The van der Waals surface area contributed by atoms with Gasteiger partial charge >= 0.3 is 5.69 Å². The van der Waals surface area contributed by atoms with Crippen LogP contribution in [0.4, 0.5) is 11.4 Å². The van der Waals surface area contributed by atoms with Gasteiger partial charge in [0.2, 0.25) is 5.91 Å². The lowest BCUT2D eigenvalue weighted by molar-refractivity contribution is -0.116. The zero-order valence-electron chi connectivity index (χ0n) is 17.1. The minimum atomic E-state index is -0.520. The summed E-state index contributed by atoms with van der Waals surface area (Å²) in [4.78, 5) is 40.0. The standard InChI is InChI=1S/C23H24N4O4/c28-21(24-19-8-4-5-9-20(19)25-12-14-31-15-13-25)17-27-22(29)10-11-26(23(27)30)16-18-6-2-1-3-7-18/h1-11H,12-17H2,(H,24,28). The molecule has 0 atom stereocenters. The predicted octanol–water partition coefficient (Wildman–Crippen LogP) is 1.53. The molecule has 0 unspecified atom stereocenters. The van der Waals surface area contributed by atoms with E-state index < -0.39 is 17.2 Å². The summed E-state index contributed by atoms with van der Waals surface area (Å²) >= 11 is 0. The van der Waals surface area contributed by atoms with Crippen LogP contribution in [0.15, 0.2) is 76.4 Å². The summed E-state index contributed by atoms with van der Waals surface area (Å²) in [5.74, 6) is -0.433. The van der Waals surface area contributed by atoms with E-state index in [-0.39, 0.29) is 6.54 Å². The highest BCUT2D eigenvalue weighted by molar-refractivity contribution is 5.94. The molecule has 8 nitrogen and oxygen atoms in total. The highest BCUT2D eigenvalue weighted by Crippen LogP contribution is 2.26. The molecule has 160 valence electrons. The largest absolute Gasteiger partial charge is 0.378 e. The van der Waals surface area contributed by atoms with Gasteiger partial charge in [-0.1, -0.05) is 42.5 Å². The van der Waals surface area contributed by atoms with Crippen molar-refractivity contribution in [1.29, 1.82) is 0 Å². The maximum atomic E-state index is 12.8. The fraction of sp³-hybridized carbons (Fsp3) is 0.261. The van der Waals surface area contributed by atoms with Gasteiger partial charge in [-0.25, -0.2) is 4.79 Å². The monoisotopic (exact) mass is 420 g/mol. The number of rotatable bonds is 6. The Balaban J connectivity index is 1.52. The first-order valence-electron chi connectivity index (χ1n) is 10.2. The molecule has 2 aromatic carbocycles. The first-order chi connectivity index (χ1) is 15.1. The molecular weight excluding hydrogens is 396 g/mol. The summed E-state index contributed by atoms with van der Waals surface area (Å²) in [6.07, 6.45) is 1.46. The minimum absolute atomic E-state index is 0.321. The Morgan fingerprint density at radius 3 is 2.42 bits per heavy atom. The van der Waals surface area contributed by atoms with Crippen LogP contribution in [-0.4, -0.2) is 41.3 Å². The Hall–Kier alpha value is -3.65. The van der Waals surface area contributed by atoms with Crippen molar-refractivity contribution >= 4 is 17.3 Å². The average Bonchev–Trinajstić information content (AvgIpc) is 2.80. The molecule has 0 spiro atoms. The second kappa shape index (κ2) is 9.44. The number of carbonyl (C=O) groups is 1. The summed E-state index contributed by atoms with van der Waals surface area (Å²) in [6.45, 7) is 2.68. The molecule has 0 bridgehead atoms. The maximum absolute atomic E-state index is 12.8. The minimum Gasteiger partial charge on any atom is -0.378 e. The highest BCUT2D eigenvalue weighted by Gasteiger charge is 2.17. The fourth-order valence-corrected chi connectivity index (χ4v) is 3.60. The zero-order valence-corrected chi connectivity index (χ0v) is 17.1. The quantitative estimate of drug-likeness (QED) is 0.654. The number of nitrogens with zero attached hydrogens (tertiary/aromatic N) is 3. The van der Waals surface area contributed by atoms with Crippen LogP contribution >= 0.6 is 0 Å². The third kappa shape index (κ3) is 4.92. The lowest BCUT2D eigenvalue weighted by atomic mass is 10.2. The normalized spacial score (nSPS) is 13.7. The Morgan fingerprint density at radius 2 is 1.65 bits per heavy atom. The summed E-state index contributed by atoms with van der Waals surface area (Å²) in [5, 5.41) is 2.85. The third-order valence-corrected chi connectivity index (χ3v) is 5.17. The lowest BCUT2D eigenvalue weighted by Crippen LogP contribution is -2.42. The molecule has 4 rings (SSSR count). The molecule has 1 N–H and O–H groups in total.